The largest absolute Gasteiger partial charge is 0.338 e. The van der Waals surface area contributed by atoms with Crippen molar-refractivity contribution in [3.05, 3.63) is 47.5 Å². The number of nitrogens with one attached hydrogen (secondary N) is 1. The van der Waals surface area contributed by atoms with Gasteiger partial charge in [0.15, 0.2) is 0 Å². The highest BCUT2D eigenvalue weighted by Gasteiger charge is 2.37. The second-order valence-corrected chi connectivity index (χ2v) is 8.24. The third-order valence-electron chi connectivity index (χ3n) is 6.61. The Bertz CT molecular complexity index is 793. The number of likely N-dealkylation sites (tertiary alicyclic amines) is 1. The second kappa shape index (κ2) is 8.33. The number of urea groups is 1. The van der Waals surface area contributed by atoms with Crippen LogP contribution in [0, 0.1) is 5.41 Å². The number of nitrogens with zero attached hydrogens (tertiary/aromatic N) is 4. The zero-order valence-electron chi connectivity index (χ0n) is 16.9. The van der Waals surface area contributed by atoms with E-state index in [2.05, 4.69) is 39.1 Å². The quantitative estimate of drug-likeness (QED) is 0.884. The minimum Gasteiger partial charge on any atom is -0.338 e. The Morgan fingerprint density at radius 1 is 1.07 bits per heavy atom. The Morgan fingerprint density at radius 3 is 2.57 bits per heavy atom. The van der Waals surface area contributed by atoms with Crippen molar-refractivity contribution in [1.82, 2.24) is 25.0 Å². The molecule has 2 aliphatic heterocycles. The second-order valence-electron chi connectivity index (χ2n) is 8.24. The number of aryl methyl sites for hydroxylation is 2. The van der Waals surface area contributed by atoms with Crippen molar-refractivity contribution in [2.24, 2.45) is 5.41 Å². The zero-order chi connectivity index (χ0) is 19.4. The number of hydrogen-bond donors (Lipinski definition) is 1. The van der Waals surface area contributed by atoms with E-state index in [1.807, 2.05) is 23.1 Å². The molecule has 1 saturated heterocycles. The molecule has 1 aromatic heterocycles. The lowest BCUT2D eigenvalue weighted by atomic mass is 9.73. The van der Waals surface area contributed by atoms with Crippen molar-refractivity contribution in [2.75, 3.05) is 19.6 Å². The number of piperidine rings is 1. The SMILES string of the molecule is CCc1nnc2n1CCC1(CC2)CCN(C(=O)NCCc2ccccc2)CC1. The van der Waals surface area contributed by atoms with Crippen molar-refractivity contribution in [3.8, 4) is 0 Å². The molecule has 6 heteroatoms. The lowest BCUT2D eigenvalue weighted by molar-refractivity contribution is 0.101. The fraction of sp³-hybridized carbons (Fsp3) is 0.591. The van der Waals surface area contributed by atoms with Gasteiger partial charge in [0.1, 0.15) is 11.6 Å². The molecule has 3 heterocycles. The molecule has 0 aliphatic carbocycles. The first kappa shape index (κ1) is 19.0. The van der Waals surface area contributed by atoms with Gasteiger partial charge in [0.2, 0.25) is 0 Å². The Kier molecular flexibility index (Phi) is 5.64. The summed E-state index contributed by atoms with van der Waals surface area (Å²) >= 11 is 0. The van der Waals surface area contributed by atoms with Gasteiger partial charge in [-0.3, -0.25) is 0 Å². The van der Waals surface area contributed by atoms with Crippen LogP contribution in [-0.2, 0) is 25.8 Å². The zero-order valence-corrected chi connectivity index (χ0v) is 16.9. The van der Waals surface area contributed by atoms with Gasteiger partial charge in [-0.2, -0.15) is 0 Å². The average Bonchev–Trinajstić information content (AvgIpc) is 3.06. The van der Waals surface area contributed by atoms with Crippen LogP contribution in [0.25, 0.3) is 0 Å². The van der Waals surface area contributed by atoms with E-state index in [-0.39, 0.29) is 6.03 Å². The highest BCUT2D eigenvalue weighted by Crippen LogP contribution is 2.41. The van der Waals surface area contributed by atoms with Gasteiger partial charge >= 0.3 is 6.03 Å². The molecule has 6 nitrogen and oxygen atoms in total. The van der Waals surface area contributed by atoms with E-state index in [9.17, 15) is 4.79 Å². The topological polar surface area (TPSA) is 63.1 Å². The highest BCUT2D eigenvalue weighted by molar-refractivity contribution is 5.74. The fourth-order valence-electron chi connectivity index (χ4n) is 4.68. The minimum absolute atomic E-state index is 0.0878. The van der Waals surface area contributed by atoms with E-state index < -0.39 is 0 Å². The number of rotatable bonds is 4. The van der Waals surface area contributed by atoms with Crippen molar-refractivity contribution < 1.29 is 4.79 Å². The van der Waals surface area contributed by atoms with Crippen LogP contribution in [0.15, 0.2) is 30.3 Å². The molecule has 0 saturated carbocycles. The van der Waals surface area contributed by atoms with E-state index >= 15 is 0 Å². The predicted octanol–water partition coefficient (Wildman–Crippen LogP) is 3.21. The maximum absolute atomic E-state index is 12.5. The van der Waals surface area contributed by atoms with E-state index in [1.165, 1.54) is 12.0 Å². The number of fused-ring (bicyclic) bond motifs is 1. The number of amides is 2. The van der Waals surface area contributed by atoms with Gasteiger partial charge in [-0.15, -0.1) is 10.2 Å². The number of carbonyl (C=O) groups is 1. The lowest BCUT2D eigenvalue weighted by Gasteiger charge is -2.41. The molecule has 1 N–H and O–H groups in total. The van der Waals surface area contributed by atoms with Crippen molar-refractivity contribution in [3.63, 3.8) is 0 Å². The molecule has 1 aromatic carbocycles. The van der Waals surface area contributed by atoms with Gasteiger partial charge in [-0.05, 0) is 43.1 Å². The number of carbonyl (C=O) groups excluding carboxylic acids is 1. The molecule has 0 radical (unpaired) electrons. The Balaban J connectivity index is 1.26. The minimum atomic E-state index is 0.0878. The van der Waals surface area contributed by atoms with Crippen LogP contribution in [0.1, 0.15) is 49.8 Å². The molecule has 0 atom stereocenters. The van der Waals surface area contributed by atoms with Crippen LogP contribution in [0.4, 0.5) is 4.79 Å². The monoisotopic (exact) mass is 381 g/mol. The first-order valence-electron chi connectivity index (χ1n) is 10.7. The van der Waals surface area contributed by atoms with E-state index in [4.69, 9.17) is 0 Å². The lowest BCUT2D eigenvalue weighted by Crippen LogP contribution is -2.47. The summed E-state index contributed by atoms with van der Waals surface area (Å²) in [5.41, 5.74) is 1.62. The Labute approximate surface area is 167 Å². The molecule has 2 amide bonds. The van der Waals surface area contributed by atoms with Gasteiger partial charge in [-0.1, -0.05) is 37.3 Å². The molecule has 0 unspecified atom stereocenters. The van der Waals surface area contributed by atoms with Crippen LogP contribution < -0.4 is 5.32 Å². The summed E-state index contributed by atoms with van der Waals surface area (Å²) in [6, 6.07) is 10.4. The Hall–Kier alpha value is -2.37. The summed E-state index contributed by atoms with van der Waals surface area (Å²) in [6.07, 6.45) is 7.36. The van der Waals surface area contributed by atoms with Gasteiger partial charge in [0, 0.05) is 39.0 Å². The van der Waals surface area contributed by atoms with Crippen molar-refractivity contribution in [1.29, 1.82) is 0 Å². The molecular weight excluding hydrogens is 350 g/mol. The van der Waals surface area contributed by atoms with Crippen LogP contribution in [-0.4, -0.2) is 45.3 Å². The first-order valence-corrected chi connectivity index (χ1v) is 10.7. The average molecular weight is 382 g/mol. The van der Waals surface area contributed by atoms with Gasteiger partial charge in [0.25, 0.3) is 0 Å². The molecule has 2 aliphatic rings. The summed E-state index contributed by atoms with van der Waals surface area (Å²) in [4.78, 5) is 14.5. The Morgan fingerprint density at radius 2 is 1.82 bits per heavy atom. The molecule has 4 rings (SSSR count). The highest BCUT2D eigenvalue weighted by atomic mass is 16.2. The molecule has 2 aromatic rings. The molecular formula is C22H31N5O. The standard InChI is InChI=1S/C22H31N5O/c1-2-19-24-25-20-8-10-22(13-17-27(19)20)11-15-26(16-12-22)21(28)23-14-9-18-6-4-3-5-7-18/h3-7H,2,8-17H2,1H3,(H,23,28). The number of benzene rings is 1. The summed E-state index contributed by atoms with van der Waals surface area (Å²) in [6.45, 7) is 5.58. The number of hydrogen-bond acceptors (Lipinski definition) is 3. The van der Waals surface area contributed by atoms with Gasteiger partial charge in [-0.25, -0.2) is 4.79 Å². The predicted molar refractivity (Wildman–Crippen MR) is 109 cm³/mol. The molecule has 1 spiro atoms. The summed E-state index contributed by atoms with van der Waals surface area (Å²) in [5.74, 6) is 2.26. The van der Waals surface area contributed by atoms with Crippen LogP contribution in [0.3, 0.4) is 0 Å². The van der Waals surface area contributed by atoms with Crippen molar-refractivity contribution in [2.45, 2.75) is 58.4 Å². The van der Waals surface area contributed by atoms with Crippen LogP contribution in [0.2, 0.25) is 0 Å². The van der Waals surface area contributed by atoms with Gasteiger partial charge < -0.3 is 14.8 Å². The third kappa shape index (κ3) is 4.05. The maximum Gasteiger partial charge on any atom is 0.317 e. The van der Waals surface area contributed by atoms with Crippen LogP contribution in [0.5, 0.6) is 0 Å². The normalized spacial score (nSPS) is 18.5. The maximum atomic E-state index is 12.5. The fourth-order valence-corrected chi connectivity index (χ4v) is 4.68. The van der Waals surface area contributed by atoms with Crippen molar-refractivity contribution >= 4 is 6.03 Å². The molecule has 1 fully saturated rings. The summed E-state index contributed by atoms with van der Waals surface area (Å²) in [7, 11) is 0. The summed E-state index contributed by atoms with van der Waals surface area (Å²) in [5, 5.41) is 11.8. The first-order chi connectivity index (χ1) is 13.7. The molecule has 150 valence electrons. The number of aromatic nitrogens is 3. The van der Waals surface area contributed by atoms with Crippen LogP contribution >= 0.6 is 0 Å². The molecule has 0 bridgehead atoms. The van der Waals surface area contributed by atoms with E-state index in [0.717, 1.165) is 69.8 Å². The van der Waals surface area contributed by atoms with E-state index in [0.29, 0.717) is 12.0 Å². The van der Waals surface area contributed by atoms with E-state index in [1.54, 1.807) is 0 Å². The summed E-state index contributed by atoms with van der Waals surface area (Å²) < 4.78 is 2.33. The molecule has 28 heavy (non-hydrogen) atoms. The smallest absolute Gasteiger partial charge is 0.317 e. The third-order valence-corrected chi connectivity index (χ3v) is 6.61. The van der Waals surface area contributed by atoms with Gasteiger partial charge in [0.05, 0.1) is 0 Å².